The Morgan fingerprint density at radius 1 is 1.05 bits per heavy atom. The highest BCUT2D eigenvalue weighted by Crippen LogP contribution is 2.62. The maximum Gasteiger partial charge on any atom is 0.00884 e. The molecule has 1 aromatic carbocycles. The summed E-state index contributed by atoms with van der Waals surface area (Å²) in [5, 5.41) is 3.71. The Hall–Kier alpha value is -0.820. The maximum absolute atomic E-state index is 3.71. The zero-order valence-electron chi connectivity index (χ0n) is 13.3. The summed E-state index contributed by atoms with van der Waals surface area (Å²) in [6.45, 7) is 7.84. The zero-order valence-corrected chi connectivity index (χ0v) is 13.3. The Morgan fingerprint density at radius 3 is 2.20 bits per heavy atom. The summed E-state index contributed by atoms with van der Waals surface area (Å²) < 4.78 is 0. The minimum absolute atomic E-state index is 0.405. The van der Waals surface area contributed by atoms with E-state index in [2.05, 4.69) is 50.4 Å². The Bertz CT molecular complexity index is 443. The lowest BCUT2D eigenvalue weighted by Gasteiger charge is -2.56. The Morgan fingerprint density at radius 2 is 1.65 bits per heavy atom. The summed E-state index contributed by atoms with van der Waals surface area (Å²) in [5.41, 5.74) is 4.04. The molecule has 1 nitrogen and oxygen atoms in total. The molecular formula is C19H29N. The van der Waals surface area contributed by atoms with E-state index >= 15 is 0 Å². The van der Waals surface area contributed by atoms with Crippen LogP contribution in [0.25, 0.3) is 0 Å². The fraction of sp³-hybridized carbons (Fsp3) is 0.684. The van der Waals surface area contributed by atoms with E-state index in [-0.39, 0.29) is 0 Å². The molecule has 1 N–H and O–H groups in total. The summed E-state index contributed by atoms with van der Waals surface area (Å²) in [6.07, 6.45) is 8.68. The molecule has 3 rings (SSSR count). The van der Waals surface area contributed by atoms with Crippen LogP contribution in [0, 0.1) is 12.3 Å². The van der Waals surface area contributed by atoms with E-state index in [1.807, 2.05) is 0 Å². The van der Waals surface area contributed by atoms with Crippen molar-refractivity contribution in [3.05, 3.63) is 35.4 Å². The highest BCUT2D eigenvalue weighted by atomic mass is 14.9. The van der Waals surface area contributed by atoms with Crippen LogP contribution in [-0.4, -0.2) is 12.6 Å². The Balaban J connectivity index is 1.80. The number of hydrogen-bond acceptors (Lipinski definition) is 1. The Labute approximate surface area is 124 Å². The van der Waals surface area contributed by atoms with Gasteiger partial charge in [0.05, 0.1) is 0 Å². The summed E-state index contributed by atoms with van der Waals surface area (Å²) >= 11 is 0. The number of aryl methyl sites for hydroxylation is 1. The van der Waals surface area contributed by atoms with Gasteiger partial charge in [-0.2, -0.15) is 0 Å². The average molecular weight is 271 g/mol. The van der Waals surface area contributed by atoms with Crippen molar-refractivity contribution in [2.75, 3.05) is 6.54 Å². The van der Waals surface area contributed by atoms with Crippen molar-refractivity contribution in [2.24, 2.45) is 5.41 Å². The third kappa shape index (κ3) is 2.53. The van der Waals surface area contributed by atoms with Crippen LogP contribution in [0.2, 0.25) is 0 Å². The summed E-state index contributed by atoms with van der Waals surface area (Å²) in [7, 11) is 0. The van der Waals surface area contributed by atoms with Gasteiger partial charge in [-0.15, -0.1) is 0 Å². The standard InChI is InChI=1S/C19H29N/c1-15(2)20-14-19(17-8-6-16(3)7-9-17)12-18(13-19)10-4-5-11-18/h6-9,15,20H,4-5,10-14H2,1-3H3. The maximum atomic E-state index is 3.71. The van der Waals surface area contributed by atoms with E-state index in [1.54, 1.807) is 5.56 Å². The first kappa shape index (κ1) is 14.1. The molecule has 2 saturated carbocycles. The van der Waals surface area contributed by atoms with Crippen molar-refractivity contribution in [3.8, 4) is 0 Å². The van der Waals surface area contributed by atoms with Crippen LogP contribution in [-0.2, 0) is 5.41 Å². The first-order valence-electron chi connectivity index (χ1n) is 8.34. The first-order valence-corrected chi connectivity index (χ1v) is 8.34. The molecule has 0 bridgehead atoms. The van der Waals surface area contributed by atoms with Crippen LogP contribution in [0.1, 0.15) is 63.5 Å². The van der Waals surface area contributed by atoms with Gasteiger partial charge in [0.25, 0.3) is 0 Å². The molecule has 0 unspecified atom stereocenters. The smallest absolute Gasteiger partial charge is 0.00884 e. The molecule has 1 heteroatoms. The molecule has 1 aromatic rings. The van der Waals surface area contributed by atoms with Gasteiger partial charge in [0.2, 0.25) is 0 Å². The summed E-state index contributed by atoms with van der Waals surface area (Å²) in [6, 6.07) is 9.90. The van der Waals surface area contributed by atoms with Crippen LogP contribution < -0.4 is 5.32 Å². The first-order chi connectivity index (χ1) is 9.54. The normalized spacial score (nSPS) is 23.2. The fourth-order valence-electron chi connectivity index (χ4n) is 4.60. The predicted molar refractivity (Wildman–Crippen MR) is 86.1 cm³/mol. The van der Waals surface area contributed by atoms with Crippen LogP contribution >= 0.6 is 0 Å². The summed E-state index contributed by atoms with van der Waals surface area (Å²) in [5.74, 6) is 0. The van der Waals surface area contributed by atoms with Gasteiger partial charge in [0.15, 0.2) is 0 Å². The lowest BCUT2D eigenvalue weighted by atomic mass is 9.49. The molecule has 2 fully saturated rings. The van der Waals surface area contributed by atoms with Crippen molar-refractivity contribution in [1.82, 2.24) is 5.32 Å². The van der Waals surface area contributed by atoms with Crippen molar-refractivity contribution in [1.29, 1.82) is 0 Å². The molecule has 0 aliphatic heterocycles. The largest absolute Gasteiger partial charge is 0.314 e. The predicted octanol–water partition coefficient (Wildman–Crippen LogP) is 4.59. The van der Waals surface area contributed by atoms with Gasteiger partial charge < -0.3 is 5.32 Å². The molecule has 20 heavy (non-hydrogen) atoms. The molecule has 0 atom stereocenters. The van der Waals surface area contributed by atoms with E-state index in [0.29, 0.717) is 16.9 Å². The lowest BCUT2D eigenvalue weighted by molar-refractivity contribution is 0.0258. The number of hydrogen-bond donors (Lipinski definition) is 1. The molecule has 2 aliphatic carbocycles. The molecule has 1 spiro atoms. The van der Waals surface area contributed by atoms with Gasteiger partial charge in [-0.1, -0.05) is 56.5 Å². The second-order valence-corrected chi connectivity index (χ2v) is 7.74. The minimum atomic E-state index is 0.405. The van der Waals surface area contributed by atoms with Gasteiger partial charge in [-0.3, -0.25) is 0 Å². The molecule has 0 amide bonds. The number of nitrogens with one attached hydrogen (secondary N) is 1. The molecule has 2 aliphatic rings. The third-order valence-electron chi connectivity index (χ3n) is 5.60. The van der Waals surface area contributed by atoms with E-state index in [1.165, 1.54) is 44.1 Å². The quantitative estimate of drug-likeness (QED) is 0.845. The summed E-state index contributed by atoms with van der Waals surface area (Å²) in [4.78, 5) is 0. The van der Waals surface area contributed by atoms with Crippen molar-refractivity contribution in [2.45, 2.75) is 70.8 Å². The average Bonchev–Trinajstić information content (AvgIpc) is 2.85. The van der Waals surface area contributed by atoms with E-state index in [0.717, 1.165) is 6.54 Å². The minimum Gasteiger partial charge on any atom is -0.314 e. The van der Waals surface area contributed by atoms with Crippen LogP contribution in [0.15, 0.2) is 24.3 Å². The van der Waals surface area contributed by atoms with Crippen molar-refractivity contribution in [3.63, 3.8) is 0 Å². The topological polar surface area (TPSA) is 12.0 Å². The van der Waals surface area contributed by atoms with Crippen LogP contribution in [0.4, 0.5) is 0 Å². The van der Waals surface area contributed by atoms with E-state index in [9.17, 15) is 0 Å². The third-order valence-corrected chi connectivity index (χ3v) is 5.60. The van der Waals surface area contributed by atoms with E-state index in [4.69, 9.17) is 0 Å². The van der Waals surface area contributed by atoms with E-state index < -0.39 is 0 Å². The SMILES string of the molecule is Cc1ccc(C2(CNC(C)C)CC3(CCCC3)C2)cc1. The van der Waals surface area contributed by atoms with Crippen molar-refractivity contribution >= 4 is 0 Å². The van der Waals surface area contributed by atoms with Gasteiger partial charge in [0.1, 0.15) is 0 Å². The monoisotopic (exact) mass is 271 g/mol. The highest BCUT2D eigenvalue weighted by Gasteiger charge is 2.55. The van der Waals surface area contributed by atoms with Gasteiger partial charge in [-0.05, 0) is 43.6 Å². The molecule has 110 valence electrons. The second-order valence-electron chi connectivity index (χ2n) is 7.74. The lowest BCUT2D eigenvalue weighted by Crippen LogP contribution is -2.54. The van der Waals surface area contributed by atoms with Crippen molar-refractivity contribution < 1.29 is 0 Å². The van der Waals surface area contributed by atoms with Gasteiger partial charge in [-0.25, -0.2) is 0 Å². The van der Waals surface area contributed by atoms with Gasteiger partial charge >= 0.3 is 0 Å². The molecular weight excluding hydrogens is 242 g/mol. The number of rotatable bonds is 4. The zero-order chi connectivity index (χ0) is 14.2. The second kappa shape index (κ2) is 5.18. The molecule has 0 heterocycles. The fourth-order valence-corrected chi connectivity index (χ4v) is 4.60. The van der Waals surface area contributed by atoms with Crippen LogP contribution in [0.5, 0.6) is 0 Å². The molecule has 0 saturated heterocycles. The Kier molecular flexibility index (Phi) is 3.66. The van der Waals surface area contributed by atoms with Gasteiger partial charge in [0, 0.05) is 18.0 Å². The molecule has 0 radical (unpaired) electrons. The number of benzene rings is 1. The van der Waals surface area contributed by atoms with Crippen LogP contribution in [0.3, 0.4) is 0 Å². The highest BCUT2D eigenvalue weighted by molar-refractivity contribution is 5.34. The molecule has 0 aromatic heterocycles.